The van der Waals surface area contributed by atoms with Crippen LogP contribution in [0.25, 0.3) is 10.9 Å². The number of para-hydroxylation sites is 1. The maximum Gasteiger partial charge on any atom is 0.0627 e. The van der Waals surface area contributed by atoms with E-state index in [4.69, 9.17) is 0 Å². The normalized spacial score (nSPS) is 15.8. The molecule has 1 aliphatic heterocycles. The van der Waals surface area contributed by atoms with Crippen molar-refractivity contribution in [3.8, 4) is 0 Å². The van der Waals surface area contributed by atoms with Crippen molar-refractivity contribution < 1.29 is 0 Å². The van der Waals surface area contributed by atoms with Gasteiger partial charge >= 0.3 is 0 Å². The van der Waals surface area contributed by atoms with E-state index < -0.39 is 0 Å². The molecule has 2 heterocycles. The second-order valence-electron chi connectivity index (χ2n) is 3.64. The Morgan fingerprint density at radius 3 is 3.21 bits per heavy atom. The van der Waals surface area contributed by atoms with Crippen molar-refractivity contribution in [3.05, 3.63) is 34.4 Å². The first-order valence-electron chi connectivity index (χ1n) is 4.83. The summed E-state index contributed by atoms with van der Waals surface area (Å²) in [6, 6.07) is 8.64. The molecule has 14 heavy (non-hydrogen) atoms. The first kappa shape index (κ1) is 8.50. The highest BCUT2D eigenvalue weighted by atomic mass is 79.9. The molecule has 2 aromatic rings. The molecule has 0 amide bonds. The molecule has 0 saturated heterocycles. The molecule has 3 rings (SSSR count). The molecule has 3 heteroatoms. The first-order chi connectivity index (χ1) is 6.86. The standard InChI is InChI=1S/C11H11BrN2/c12-10-3-1-2-8-6-9-7-13-4-5-14(9)11(8)10/h1-3,6,13H,4-5,7H2. The van der Waals surface area contributed by atoms with E-state index in [1.807, 2.05) is 0 Å². The van der Waals surface area contributed by atoms with E-state index in [0.717, 1.165) is 19.6 Å². The second-order valence-corrected chi connectivity index (χ2v) is 4.50. The van der Waals surface area contributed by atoms with E-state index in [-0.39, 0.29) is 0 Å². The van der Waals surface area contributed by atoms with Crippen LogP contribution >= 0.6 is 15.9 Å². The van der Waals surface area contributed by atoms with Gasteiger partial charge < -0.3 is 9.88 Å². The number of hydrogen-bond acceptors (Lipinski definition) is 1. The summed E-state index contributed by atoms with van der Waals surface area (Å²) in [5.74, 6) is 0. The quantitative estimate of drug-likeness (QED) is 0.761. The van der Waals surface area contributed by atoms with E-state index in [1.165, 1.54) is 21.1 Å². The van der Waals surface area contributed by atoms with Crippen LogP contribution in [0.1, 0.15) is 5.69 Å². The maximum atomic E-state index is 3.61. The predicted octanol–water partition coefficient (Wildman–Crippen LogP) is 2.51. The molecule has 2 nitrogen and oxygen atoms in total. The highest BCUT2D eigenvalue weighted by Gasteiger charge is 2.13. The van der Waals surface area contributed by atoms with Gasteiger partial charge in [-0.3, -0.25) is 0 Å². The van der Waals surface area contributed by atoms with Crippen molar-refractivity contribution >= 4 is 26.8 Å². The summed E-state index contributed by atoms with van der Waals surface area (Å²) in [7, 11) is 0. The summed E-state index contributed by atoms with van der Waals surface area (Å²) < 4.78 is 3.60. The minimum atomic E-state index is 0.987. The molecule has 0 fully saturated rings. The van der Waals surface area contributed by atoms with Gasteiger partial charge in [0.15, 0.2) is 0 Å². The molecule has 0 radical (unpaired) electrons. The monoisotopic (exact) mass is 250 g/mol. The molecule has 1 aromatic heterocycles. The lowest BCUT2D eigenvalue weighted by Gasteiger charge is -2.17. The Balaban J connectivity index is 2.38. The molecule has 72 valence electrons. The molecular weight excluding hydrogens is 240 g/mol. The van der Waals surface area contributed by atoms with Gasteiger partial charge in [0.1, 0.15) is 0 Å². The van der Waals surface area contributed by atoms with Crippen LogP contribution in [0.4, 0.5) is 0 Å². The fourth-order valence-electron chi connectivity index (χ4n) is 2.14. The Bertz CT molecular complexity index is 487. The SMILES string of the molecule is Brc1cccc2cc3n(c12)CCNC3. The van der Waals surface area contributed by atoms with Crippen molar-refractivity contribution in [3.63, 3.8) is 0 Å². The highest BCUT2D eigenvalue weighted by Crippen LogP contribution is 2.28. The molecule has 0 aliphatic carbocycles. The maximum absolute atomic E-state index is 3.61. The Labute approximate surface area is 91.0 Å². The van der Waals surface area contributed by atoms with E-state index in [9.17, 15) is 0 Å². The van der Waals surface area contributed by atoms with Crippen LogP contribution in [0, 0.1) is 0 Å². The smallest absolute Gasteiger partial charge is 0.0627 e. The summed E-state index contributed by atoms with van der Waals surface area (Å²) in [5, 5.41) is 4.72. The molecule has 0 saturated carbocycles. The van der Waals surface area contributed by atoms with Gasteiger partial charge in [-0.2, -0.15) is 0 Å². The molecule has 1 N–H and O–H groups in total. The van der Waals surface area contributed by atoms with Gasteiger partial charge in [-0.05, 0) is 28.1 Å². The van der Waals surface area contributed by atoms with Gasteiger partial charge in [-0.1, -0.05) is 12.1 Å². The Morgan fingerprint density at radius 2 is 2.29 bits per heavy atom. The van der Waals surface area contributed by atoms with Crippen molar-refractivity contribution in [1.82, 2.24) is 9.88 Å². The third-order valence-corrected chi connectivity index (χ3v) is 3.41. The second kappa shape index (κ2) is 3.11. The van der Waals surface area contributed by atoms with Crippen LogP contribution in [-0.2, 0) is 13.1 Å². The number of halogens is 1. The number of benzene rings is 1. The van der Waals surface area contributed by atoms with Crippen molar-refractivity contribution in [2.75, 3.05) is 6.54 Å². The zero-order chi connectivity index (χ0) is 9.54. The van der Waals surface area contributed by atoms with Crippen LogP contribution < -0.4 is 5.32 Å². The molecule has 0 atom stereocenters. The third kappa shape index (κ3) is 1.12. The lowest BCUT2D eigenvalue weighted by atomic mass is 10.2. The fraction of sp³-hybridized carbons (Fsp3) is 0.273. The number of nitrogens with zero attached hydrogens (tertiary/aromatic N) is 1. The van der Waals surface area contributed by atoms with Gasteiger partial charge in [0.2, 0.25) is 0 Å². The van der Waals surface area contributed by atoms with Crippen LogP contribution in [0.3, 0.4) is 0 Å². The number of aromatic nitrogens is 1. The summed E-state index contributed by atoms with van der Waals surface area (Å²) in [6.45, 7) is 3.13. The summed E-state index contributed by atoms with van der Waals surface area (Å²) in [6.07, 6.45) is 0. The zero-order valence-electron chi connectivity index (χ0n) is 7.76. The highest BCUT2D eigenvalue weighted by molar-refractivity contribution is 9.10. The molecule has 0 spiro atoms. The number of fused-ring (bicyclic) bond motifs is 3. The molecule has 0 bridgehead atoms. The van der Waals surface area contributed by atoms with Crippen LogP contribution in [0.2, 0.25) is 0 Å². The van der Waals surface area contributed by atoms with Crippen LogP contribution in [0.5, 0.6) is 0 Å². The first-order valence-corrected chi connectivity index (χ1v) is 5.63. The van der Waals surface area contributed by atoms with Gasteiger partial charge in [-0.25, -0.2) is 0 Å². The largest absolute Gasteiger partial charge is 0.341 e. The number of hydrogen-bond donors (Lipinski definition) is 1. The Hall–Kier alpha value is -0.800. The lowest BCUT2D eigenvalue weighted by molar-refractivity contribution is 0.526. The van der Waals surface area contributed by atoms with Crippen LogP contribution in [-0.4, -0.2) is 11.1 Å². The molecule has 1 aromatic carbocycles. The summed E-state index contributed by atoms with van der Waals surface area (Å²) in [5.41, 5.74) is 2.72. The third-order valence-electron chi connectivity index (χ3n) is 2.78. The molecular formula is C11H11BrN2. The van der Waals surface area contributed by atoms with Crippen molar-refractivity contribution in [1.29, 1.82) is 0 Å². The minimum absolute atomic E-state index is 0.987. The molecule has 0 unspecified atom stereocenters. The Kier molecular flexibility index (Phi) is 1.89. The number of rotatable bonds is 0. The topological polar surface area (TPSA) is 17.0 Å². The van der Waals surface area contributed by atoms with Gasteiger partial charge in [0.25, 0.3) is 0 Å². The predicted molar refractivity (Wildman–Crippen MR) is 61.3 cm³/mol. The fourth-order valence-corrected chi connectivity index (χ4v) is 2.74. The summed E-state index contributed by atoms with van der Waals surface area (Å²) in [4.78, 5) is 0. The van der Waals surface area contributed by atoms with Crippen molar-refractivity contribution in [2.24, 2.45) is 0 Å². The average Bonchev–Trinajstić information content (AvgIpc) is 2.57. The zero-order valence-corrected chi connectivity index (χ0v) is 9.34. The van der Waals surface area contributed by atoms with Gasteiger partial charge in [0, 0.05) is 35.2 Å². The molecule has 1 aliphatic rings. The van der Waals surface area contributed by atoms with Crippen LogP contribution in [0.15, 0.2) is 28.7 Å². The minimum Gasteiger partial charge on any atom is -0.341 e. The van der Waals surface area contributed by atoms with E-state index in [1.54, 1.807) is 0 Å². The van der Waals surface area contributed by atoms with E-state index >= 15 is 0 Å². The van der Waals surface area contributed by atoms with E-state index in [2.05, 4.69) is 50.1 Å². The summed E-state index contributed by atoms with van der Waals surface area (Å²) >= 11 is 3.61. The van der Waals surface area contributed by atoms with E-state index in [0.29, 0.717) is 0 Å². The Morgan fingerprint density at radius 1 is 1.36 bits per heavy atom. The lowest BCUT2D eigenvalue weighted by Crippen LogP contribution is -2.27. The number of nitrogens with one attached hydrogen (secondary N) is 1. The van der Waals surface area contributed by atoms with Gasteiger partial charge in [-0.15, -0.1) is 0 Å². The average molecular weight is 251 g/mol. The van der Waals surface area contributed by atoms with Crippen molar-refractivity contribution in [2.45, 2.75) is 13.1 Å². The van der Waals surface area contributed by atoms with Gasteiger partial charge in [0.05, 0.1) is 5.52 Å².